The quantitative estimate of drug-likeness (QED) is 0.189. The number of rotatable bonds is 12. The van der Waals surface area contributed by atoms with Gasteiger partial charge in [0.2, 0.25) is 5.91 Å². The standard InChI is InChI=1S/C34H43N5O3S/c1-5-26(6-2)39-31-13-12-24(20-29(31)36-32(39)22-28-11-8-18-43-28)33(40)37-30(19-23(3)4)34(41)35-25-9-7-10-27(21-25)38-14-16-42-17-15-38/h7-13,18,20-21,23,26,30H,5-6,14-17,19,22H2,1-4H3,(H,35,41)(H,37,40)/t30-/m0/s1. The topological polar surface area (TPSA) is 88.5 Å². The molecule has 3 heterocycles. The monoisotopic (exact) mass is 601 g/mol. The number of morpholine rings is 1. The summed E-state index contributed by atoms with van der Waals surface area (Å²) in [7, 11) is 0. The van der Waals surface area contributed by atoms with E-state index < -0.39 is 6.04 Å². The van der Waals surface area contributed by atoms with E-state index in [0.717, 1.165) is 54.9 Å². The lowest BCUT2D eigenvalue weighted by Gasteiger charge is -2.29. The van der Waals surface area contributed by atoms with Gasteiger partial charge in [-0.2, -0.15) is 0 Å². The number of fused-ring (bicyclic) bond motifs is 1. The van der Waals surface area contributed by atoms with Crippen LogP contribution in [0.15, 0.2) is 60.0 Å². The lowest BCUT2D eigenvalue weighted by atomic mass is 10.0. The molecule has 8 nitrogen and oxygen atoms in total. The summed E-state index contributed by atoms with van der Waals surface area (Å²) in [6.45, 7) is 11.5. The fraction of sp³-hybridized carbons (Fsp3) is 0.441. The molecule has 0 unspecified atom stereocenters. The number of nitrogens with zero attached hydrogens (tertiary/aromatic N) is 3. The maximum Gasteiger partial charge on any atom is 0.252 e. The van der Waals surface area contributed by atoms with Crippen molar-refractivity contribution in [1.29, 1.82) is 0 Å². The summed E-state index contributed by atoms with van der Waals surface area (Å²) in [6, 6.07) is 17.4. The highest BCUT2D eigenvalue weighted by atomic mass is 32.1. The average Bonchev–Trinajstić information content (AvgIpc) is 3.65. The predicted molar refractivity (Wildman–Crippen MR) is 175 cm³/mol. The molecule has 2 aromatic heterocycles. The van der Waals surface area contributed by atoms with Crippen LogP contribution in [0.25, 0.3) is 11.0 Å². The molecule has 43 heavy (non-hydrogen) atoms. The molecule has 4 aromatic rings. The van der Waals surface area contributed by atoms with Gasteiger partial charge >= 0.3 is 0 Å². The summed E-state index contributed by atoms with van der Waals surface area (Å²) in [5.74, 6) is 0.731. The maximum absolute atomic E-state index is 13.5. The first kappa shape index (κ1) is 30.8. The minimum atomic E-state index is -0.674. The molecule has 1 aliphatic rings. The van der Waals surface area contributed by atoms with E-state index in [4.69, 9.17) is 9.72 Å². The molecule has 0 saturated carbocycles. The number of aromatic nitrogens is 2. The molecule has 0 bridgehead atoms. The van der Waals surface area contributed by atoms with Gasteiger partial charge in [-0.25, -0.2) is 4.98 Å². The Hall–Kier alpha value is -3.69. The molecule has 2 N–H and O–H groups in total. The Balaban J connectivity index is 1.35. The lowest BCUT2D eigenvalue weighted by Crippen LogP contribution is -2.44. The van der Waals surface area contributed by atoms with Crippen LogP contribution in [0.3, 0.4) is 0 Å². The minimum Gasteiger partial charge on any atom is -0.378 e. The normalized spacial score (nSPS) is 14.4. The molecular weight excluding hydrogens is 558 g/mol. The first-order valence-corrected chi connectivity index (χ1v) is 16.3. The fourth-order valence-corrected chi connectivity index (χ4v) is 6.52. The fourth-order valence-electron chi connectivity index (χ4n) is 5.82. The number of hydrogen-bond donors (Lipinski definition) is 2. The third-order valence-corrected chi connectivity index (χ3v) is 8.94. The smallest absolute Gasteiger partial charge is 0.252 e. The molecule has 9 heteroatoms. The van der Waals surface area contributed by atoms with Gasteiger partial charge in [-0.05, 0) is 73.0 Å². The van der Waals surface area contributed by atoms with Crippen LogP contribution in [-0.4, -0.2) is 53.7 Å². The molecule has 0 spiro atoms. The second kappa shape index (κ2) is 14.2. The summed E-state index contributed by atoms with van der Waals surface area (Å²) in [4.78, 5) is 35.6. The van der Waals surface area contributed by atoms with Crippen molar-refractivity contribution in [2.45, 2.75) is 65.5 Å². The Morgan fingerprint density at radius 3 is 2.51 bits per heavy atom. The van der Waals surface area contributed by atoms with Gasteiger partial charge in [0.1, 0.15) is 11.9 Å². The highest BCUT2D eigenvalue weighted by Gasteiger charge is 2.24. The Kier molecular flexibility index (Phi) is 10.1. The Bertz CT molecular complexity index is 1520. The number of amides is 2. The van der Waals surface area contributed by atoms with Crippen molar-refractivity contribution in [2.24, 2.45) is 5.92 Å². The second-order valence-corrected chi connectivity index (χ2v) is 12.7. The summed E-state index contributed by atoms with van der Waals surface area (Å²) in [5, 5.41) is 8.15. The van der Waals surface area contributed by atoms with Crippen molar-refractivity contribution in [1.82, 2.24) is 14.9 Å². The van der Waals surface area contributed by atoms with Gasteiger partial charge in [-0.15, -0.1) is 11.3 Å². The molecule has 5 rings (SSSR count). The number of hydrogen-bond acceptors (Lipinski definition) is 6. The zero-order valence-corrected chi connectivity index (χ0v) is 26.5. The van der Waals surface area contributed by atoms with Crippen LogP contribution in [0.1, 0.15) is 74.1 Å². The molecule has 1 atom stereocenters. The van der Waals surface area contributed by atoms with Crippen LogP contribution in [0, 0.1) is 5.92 Å². The molecule has 1 saturated heterocycles. The van der Waals surface area contributed by atoms with Crippen molar-refractivity contribution in [3.8, 4) is 0 Å². The number of thiophene rings is 1. The van der Waals surface area contributed by atoms with Crippen LogP contribution in [0.2, 0.25) is 0 Å². The van der Waals surface area contributed by atoms with Gasteiger partial charge in [-0.3, -0.25) is 9.59 Å². The zero-order chi connectivity index (χ0) is 30.3. The number of anilines is 2. The first-order chi connectivity index (χ1) is 20.9. The molecular formula is C34H43N5O3S. The van der Waals surface area contributed by atoms with Crippen LogP contribution in [0.5, 0.6) is 0 Å². The lowest BCUT2D eigenvalue weighted by molar-refractivity contribution is -0.118. The molecule has 0 radical (unpaired) electrons. The van der Waals surface area contributed by atoms with Crippen LogP contribution < -0.4 is 15.5 Å². The number of benzene rings is 2. The number of ether oxygens (including phenoxy) is 1. The number of carbonyl (C=O) groups is 2. The van der Waals surface area contributed by atoms with E-state index >= 15 is 0 Å². The van der Waals surface area contributed by atoms with E-state index in [0.29, 0.717) is 36.9 Å². The van der Waals surface area contributed by atoms with Crippen LogP contribution in [0.4, 0.5) is 11.4 Å². The third kappa shape index (κ3) is 7.46. The second-order valence-electron chi connectivity index (χ2n) is 11.6. The summed E-state index contributed by atoms with van der Waals surface area (Å²) in [6.07, 6.45) is 3.29. The van der Waals surface area contributed by atoms with Crippen LogP contribution in [-0.2, 0) is 16.0 Å². The Morgan fingerprint density at radius 2 is 1.81 bits per heavy atom. The van der Waals surface area contributed by atoms with Crippen molar-refractivity contribution in [3.63, 3.8) is 0 Å². The zero-order valence-electron chi connectivity index (χ0n) is 25.6. The third-order valence-electron chi connectivity index (χ3n) is 8.06. The molecule has 228 valence electrons. The van der Waals surface area contributed by atoms with Gasteiger partial charge in [0.05, 0.1) is 24.2 Å². The van der Waals surface area contributed by atoms with Crippen molar-refractivity contribution in [3.05, 3.63) is 76.2 Å². The van der Waals surface area contributed by atoms with E-state index in [2.05, 4.69) is 65.3 Å². The van der Waals surface area contributed by atoms with E-state index in [1.807, 2.05) is 42.5 Å². The molecule has 2 amide bonds. The van der Waals surface area contributed by atoms with E-state index in [9.17, 15) is 9.59 Å². The highest BCUT2D eigenvalue weighted by Crippen LogP contribution is 2.29. The van der Waals surface area contributed by atoms with Crippen molar-refractivity contribution < 1.29 is 14.3 Å². The number of imidazole rings is 1. The van der Waals surface area contributed by atoms with E-state index in [-0.39, 0.29) is 17.7 Å². The maximum atomic E-state index is 13.5. The summed E-state index contributed by atoms with van der Waals surface area (Å²) in [5.41, 5.74) is 4.10. The average molecular weight is 602 g/mol. The Labute approximate surface area is 258 Å². The highest BCUT2D eigenvalue weighted by molar-refractivity contribution is 7.09. The predicted octanol–water partition coefficient (Wildman–Crippen LogP) is 6.67. The van der Waals surface area contributed by atoms with Crippen molar-refractivity contribution in [2.75, 3.05) is 36.5 Å². The van der Waals surface area contributed by atoms with Gasteiger partial charge in [0.15, 0.2) is 0 Å². The van der Waals surface area contributed by atoms with E-state index in [1.54, 1.807) is 11.3 Å². The van der Waals surface area contributed by atoms with Gasteiger partial charge in [0, 0.05) is 47.4 Å². The largest absolute Gasteiger partial charge is 0.378 e. The minimum absolute atomic E-state index is 0.216. The summed E-state index contributed by atoms with van der Waals surface area (Å²) < 4.78 is 7.82. The Morgan fingerprint density at radius 1 is 1.02 bits per heavy atom. The number of carbonyl (C=O) groups excluding carboxylic acids is 2. The van der Waals surface area contributed by atoms with Gasteiger partial charge in [-0.1, -0.05) is 39.8 Å². The van der Waals surface area contributed by atoms with E-state index in [1.165, 1.54) is 4.88 Å². The van der Waals surface area contributed by atoms with Gasteiger partial charge < -0.3 is 24.8 Å². The van der Waals surface area contributed by atoms with Crippen LogP contribution >= 0.6 is 11.3 Å². The molecule has 2 aromatic carbocycles. The SMILES string of the molecule is CCC(CC)n1c(Cc2cccs2)nc2cc(C(=O)N[C@@H](CC(C)C)C(=O)Nc3cccc(N4CCOCC4)c3)ccc21. The summed E-state index contributed by atoms with van der Waals surface area (Å²) >= 11 is 1.73. The van der Waals surface area contributed by atoms with Crippen molar-refractivity contribution >= 4 is 45.6 Å². The molecule has 1 fully saturated rings. The number of nitrogens with one attached hydrogen (secondary N) is 2. The molecule has 1 aliphatic heterocycles. The molecule has 0 aliphatic carbocycles. The van der Waals surface area contributed by atoms with Gasteiger partial charge in [0.25, 0.3) is 5.91 Å². The first-order valence-electron chi connectivity index (χ1n) is 15.4.